The molecule has 3 nitrogen and oxygen atoms in total. The normalized spacial score (nSPS) is 10.0. The van der Waals surface area contributed by atoms with Gasteiger partial charge in [0.15, 0.2) is 5.06 Å². The molecule has 0 spiro atoms. The van der Waals surface area contributed by atoms with Gasteiger partial charge in [-0.3, -0.25) is 0 Å². The molecule has 0 radical (unpaired) electrons. The van der Waals surface area contributed by atoms with Crippen LogP contribution in [-0.4, -0.2) is 6.61 Å². The Kier molecular flexibility index (Phi) is 4.35. The Hall–Kier alpha value is -1.83. The summed E-state index contributed by atoms with van der Waals surface area (Å²) in [6.07, 6.45) is 0. The predicted molar refractivity (Wildman–Crippen MR) is 70.9 cm³/mol. The minimum absolute atomic E-state index is 0.596. The van der Waals surface area contributed by atoms with Gasteiger partial charge in [0, 0.05) is 11.5 Å². The molecule has 0 unspecified atom stereocenters. The Morgan fingerprint density at radius 2 is 2.17 bits per heavy atom. The number of thiophene rings is 1. The monoisotopic (exact) mass is 259 g/mol. The second-order valence-corrected chi connectivity index (χ2v) is 4.73. The predicted octanol–water partition coefficient (Wildman–Crippen LogP) is 3.95. The Labute approximate surface area is 110 Å². The lowest BCUT2D eigenvalue weighted by molar-refractivity contribution is 0.136. The molecule has 0 aliphatic heterocycles. The van der Waals surface area contributed by atoms with E-state index >= 15 is 0 Å². The Morgan fingerprint density at radius 3 is 2.94 bits per heavy atom. The van der Waals surface area contributed by atoms with Gasteiger partial charge in [-0.2, -0.15) is 5.26 Å². The van der Waals surface area contributed by atoms with Crippen LogP contribution in [0.5, 0.6) is 10.8 Å². The molecule has 0 saturated carbocycles. The van der Waals surface area contributed by atoms with Crippen molar-refractivity contribution in [3.63, 3.8) is 0 Å². The number of rotatable bonds is 5. The first-order valence-corrected chi connectivity index (χ1v) is 6.48. The van der Waals surface area contributed by atoms with Gasteiger partial charge < -0.3 is 9.47 Å². The van der Waals surface area contributed by atoms with Crippen molar-refractivity contribution < 1.29 is 9.47 Å². The summed E-state index contributed by atoms with van der Waals surface area (Å²) in [5, 5.41) is 9.62. The minimum atomic E-state index is 0.596. The van der Waals surface area contributed by atoms with E-state index in [9.17, 15) is 0 Å². The van der Waals surface area contributed by atoms with Crippen LogP contribution < -0.4 is 4.74 Å². The molecule has 0 aliphatic rings. The molecule has 0 saturated heterocycles. The maximum absolute atomic E-state index is 8.81. The first-order valence-electron chi connectivity index (χ1n) is 5.66. The van der Waals surface area contributed by atoms with Gasteiger partial charge in [0.05, 0.1) is 18.2 Å². The molecule has 0 N–H and O–H groups in total. The van der Waals surface area contributed by atoms with Gasteiger partial charge in [0.25, 0.3) is 0 Å². The zero-order valence-electron chi connectivity index (χ0n) is 10.1. The molecule has 0 bridgehead atoms. The van der Waals surface area contributed by atoms with Gasteiger partial charge in [-0.25, -0.2) is 0 Å². The van der Waals surface area contributed by atoms with Crippen molar-refractivity contribution in [3.05, 3.63) is 46.8 Å². The SMILES string of the molecule is CCOCc1ccc(Oc2cccc(C#N)c2)s1. The summed E-state index contributed by atoms with van der Waals surface area (Å²) in [5.74, 6) is 0.679. The summed E-state index contributed by atoms with van der Waals surface area (Å²) in [6.45, 7) is 3.29. The van der Waals surface area contributed by atoms with Gasteiger partial charge in [0.1, 0.15) is 5.75 Å². The van der Waals surface area contributed by atoms with Crippen LogP contribution in [0, 0.1) is 11.3 Å². The molecular formula is C14H13NO2S. The van der Waals surface area contributed by atoms with Crippen LogP contribution in [0.1, 0.15) is 17.4 Å². The van der Waals surface area contributed by atoms with Crippen molar-refractivity contribution >= 4 is 11.3 Å². The van der Waals surface area contributed by atoms with Crippen LogP contribution in [0.3, 0.4) is 0 Å². The molecular weight excluding hydrogens is 246 g/mol. The zero-order chi connectivity index (χ0) is 12.8. The second-order valence-electron chi connectivity index (χ2n) is 3.60. The third-order valence-electron chi connectivity index (χ3n) is 2.27. The Morgan fingerprint density at radius 1 is 1.28 bits per heavy atom. The third-order valence-corrected chi connectivity index (χ3v) is 3.20. The fourth-order valence-corrected chi connectivity index (χ4v) is 2.25. The lowest BCUT2D eigenvalue weighted by atomic mass is 10.2. The van der Waals surface area contributed by atoms with Crippen LogP contribution in [0.25, 0.3) is 0 Å². The van der Waals surface area contributed by atoms with Crippen LogP contribution >= 0.6 is 11.3 Å². The van der Waals surface area contributed by atoms with Crippen LogP contribution in [0.2, 0.25) is 0 Å². The van der Waals surface area contributed by atoms with Crippen molar-refractivity contribution in [2.45, 2.75) is 13.5 Å². The molecule has 1 heterocycles. The molecule has 0 atom stereocenters. The molecule has 4 heteroatoms. The summed E-state index contributed by atoms with van der Waals surface area (Å²) < 4.78 is 11.0. The number of hydrogen-bond donors (Lipinski definition) is 0. The average molecular weight is 259 g/mol. The summed E-state index contributed by atoms with van der Waals surface area (Å²) in [4.78, 5) is 1.13. The van der Waals surface area contributed by atoms with E-state index in [4.69, 9.17) is 14.7 Å². The van der Waals surface area contributed by atoms with Gasteiger partial charge in [-0.1, -0.05) is 6.07 Å². The fraction of sp³-hybridized carbons (Fsp3) is 0.214. The lowest BCUT2D eigenvalue weighted by Crippen LogP contribution is -1.87. The molecule has 2 aromatic rings. The third kappa shape index (κ3) is 3.33. The van der Waals surface area contributed by atoms with Gasteiger partial charge >= 0.3 is 0 Å². The average Bonchev–Trinajstić information content (AvgIpc) is 2.84. The van der Waals surface area contributed by atoms with Crippen LogP contribution in [0.4, 0.5) is 0 Å². The molecule has 0 aliphatic carbocycles. The van der Waals surface area contributed by atoms with Gasteiger partial charge in [0.2, 0.25) is 0 Å². The van der Waals surface area contributed by atoms with E-state index in [1.54, 1.807) is 23.5 Å². The smallest absolute Gasteiger partial charge is 0.181 e. The quantitative estimate of drug-likeness (QED) is 0.816. The highest BCUT2D eigenvalue weighted by molar-refractivity contribution is 7.13. The number of ether oxygens (including phenoxy) is 2. The highest BCUT2D eigenvalue weighted by Crippen LogP contribution is 2.30. The first kappa shape index (κ1) is 12.6. The Balaban J connectivity index is 2.04. The highest BCUT2D eigenvalue weighted by Gasteiger charge is 2.03. The lowest BCUT2D eigenvalue weighted by Gasteiger charge is -2.02. The molecule has 92 valence electrons. The topological polar surface area (TPSA) is 42.2 Å². The summed E-state index contributed by atoms with van der Waals surface area (Å²) in [5.41, 5.74) is 0.596. The van der Waals surface area contributed by atoms with Crippen molar-refractivity contribution in [2.75, 3.05) is 6.61 Å². The maximum atomic E-state index is 8.81. The first-order chi connectivity index (χ1) is 8.81. The van der Waals surface area contributed by atoms with E-state index in [1.165, 1.54) is 0 Å². The molecule has 1 aromatic heterocycles. The molecule has 1 aromatic carbocycles. The molecule has 0 amide bonds. The van der Waals surface area contributed by atoms with Crippen molar-refractivity contribution in [1.82, 2.24) is 0 Å². The fourth-order valence-electron chi connectivity index (χ4n) is 1.44. The minimum Gasteiger partial charge on any atom is -0.447 e. The van der Waals surface area contributed by atoms with E-state index in [1.807, 2.05) is 31.2 Å². The number of benzene rings is 1. The maximum Gasteiger partial charge on any atom is 0.181 e. The number of hydrogen-bond acceptors (Lipinski definition) is 4. The molecule has 18 heavy (non-hydrogen) atoms. The molecule has 2 rings (SSSR count). The largest absolute Gasteiger partial charge is 0.447 e. The van der Waals surface area contributed by atoms with E-state index in [-0.39, 0.29) is 0 Å². The summed E-state index contributed by atoms with van der Waals surface area (Å²) in [7, 11) is 0. The van der Waals surface area contributed by atoms with Crippen molar-refractivity contribution in [1.29, 1.82) is 5.26 Å². The molecule has 0 fully saturated rings. The van der Waals surface area contributed by atoms with E-state index < -0.39 is 0 Å². The van der Waals surface area contributed by atoms with E-state index in [0.717, 1.165) is 9.94 Å². The second kappa shape index (κ2) is 6.20. The van der Waals surface area contributed by atoms with E-state index in [0.29, 0.717) is 24.5 Å². The van der Waals surface area contributed by atoms with Gasteiger partial charge in [-0.15, -0.1) is 11.3 Å². The number of nitrogens with zero attached hydrogens (tertiary/aromatic N) is 1. The number of nitriles is 1. The van der Waals surface area contributed by atoms with Crippen LogP contribution in [-0.2, 0) is 11.3 Å². The Bertz CT molecular complexity index is 557. The van der Waals surface area contributed by atoms with Crippen LogP contribution in [0.15, 0.2) is 36.4 Å². The summed E-state index contributed by atoms with van der Waals surface area (Å²) >= 11 is 1.55. The van der Waals surface area contributed by atoms with E-state index in [2.05, 4.69) is 6.07 Å². The van der Waals surface area contributed by atoms with Crippen molar-refractivity contribution in [2.24, 2.45) is 0 Å². The van der Waals surface area contributed by atoms with Crippen molar-refractivity contribution in [3.8, 4) is 16.9 Å². The zero-order valence-corrected chi connectivity index (χ0v) is 10.9. The summed E-state index contributed by atoms with van der Waals surface area (Å²) in [6, 6.07) is 13.1. The highest BCUT2D eigenvalue weighted by atomic mass is 32.1. The standard InChI is InChI=1S/C14H13NO2S/c1-2-16-10-13-6-7-14(18-13)17-12-5-3-4-11(8-12)9-15/h3-8H,2,10H2,1H3. The van der Waals surface area contributed by atoms with Gasteiger partial charge in [-0.05, 0) is 37.3 Å².